The van der Waals surface area contributed by atoms with Crippen molar-refractivity contribution >= 4 is 29.2 Å². The highest BCUT2D eigenvalue weighted by molar-refractivity contribution is 7.17. The molecule has 2 N–H and O–H groups in total. The van der Waals surface area contributed by atoms with Crippen molar-refractivity contribution in [3.63, 3.8) is 0 Å². The second-order valence-electron chi connectivity index (χ2n) is 6.55. The molecule has 0 unspecified atom stereocenters. The molecule has 29 heavy (non-hydrogen) atoms. The third-order valence-corrected chi connectivity index (χ3v) is 5.72. The Kier molecular flexibility index (Phi) is 4.42. The molecule has 0 radical (unpaired) electrons. The highest BCUT2D eigenvalue weighted by atomic mass is 32.1. The number of carbonyl (C=O) groups is 3. The average Bonchev–Trinajstić information content (AvgIpc) is 3.39. The molecule has 148 valence electrons. The van der Waals surface area contributed by atoms with E-state index in [-0.39, 0.29) is 16.5 Å². The number of furan rings is 1. The molecule has 0 aliphatic carbocycles. The maximum atomic E-state index is 13.1. The second kappa shape index (κ2) is 6.82. The van der Waals surface area contributed by atoms with Gasteiger partial charge >= 0.3 is 6.03 Å². The van der Waals surface area contributed by atoms with Crippen LogP contribution in [0.2, 0.25) is 0 Å². The van der Waals surface area contributed by atoms with Gasteiger partial charge in [-0.2, -0.15) is 5.01 Å². The van der Waals surface area contributed by atoms with E-state index >= 15 is 0 Å². The van der Waals surface area contributed by atoms with Crippen molar-refractivity contribution < 1.29 is 23.2 Å². The number of amides is 4. The molecule has 0 bridgehead atoms. The number of imide groups is 1. The molecule has 1 atom stereocenters. The average molecular weight is 414 g/mol. The lowest BCUT2D eigenvalue weighted by atomic mass is 10.00. The Morgan fingerprint density at radius 2 is 2.00 bits per heavy atom. The molecule has 2 aromatic heterocycles. The van der Waals surface area contributed by atoms with E-state index in [0.717, 1.165) is 11.3 Å². The molecular weight excluding hydrogens is 399 g/mol. The van der Waals surface area contributed by atoms with Gasteiger partial charge < -0.3 is 9.73 Å². The lowest BCUT2D eigenvalue weighted by molar-refractivity contribution is -0.133. The van der Waals surface area contributed by atoms with Gasteiger partial charge in [0.05, 0.1) is 12.0 Å². The van der Waals surface area contributed by atoms with Gasteiger partial charge in [0.2, 0.25) is 0 Å². The minimum atomic E-state index is -1.42. The van der Waals surface area contributed by atoms with E-state index < -0.39 is 23.4 Å². The fourth-order valence-corrected chi connectivity index (χ4v) is 3.91. The van der Waals surface area contributed by atoms with Gasteiger partial charge in [0, 0.05) is 5.56 Å². The van der Waals surface area contributed by atoms with E-state index in [2.05, 4.69) is 15.7 Å². The molecule has 1 aromatic carbocycles. The number of hydrazine groups is 1. The van der Waals surface area contributed by atoms with E-state index in [1.807, 2.05) is 0 Å². The number of thiazole rings is 1. The van der Waals surface area contributed by atoms with Gasteiger partial charge in [-0.15, -0.1) is 11.3 Å². The number of urea groups is 1. The Morgan fingerprint density at radius 1 is 1.28 bits per heavy atom. The molecule has 3 aromatic rings. The molecule has 4 amide bonds. The number of benzene rings is 1. The molecule has 10 heteroatoms. The highest BCUT2D eigenvalue weighted by Crippen LogP contribution is 2.30. The van der Waals surface area contributed by atoms with Crippen molar-refractivity contribution in [2.75, 3.05) is 0 Å². The van der Waals surface area contributed by atoms with E-state index in [1.165, 1.54) is 25.3 Å². The summed E-state index contributed by atoms with van der Waals surface area (Å²) in [6, 6.07) is 8.10. The number of hydrogen-bond donors (Lipinski definition) is 2. The normalized spacial score (nSPS) is 18.8. The molecular formula is C19H15FN4O4S. The van der Waals surface area contributed by atoms with Crippen LogP contribution in [-0.4, -0.2) is 27.8 Å². The molecule has 0 saturated carbocycles. The Hall–Kier alpha value is -3.53. The Morgan fingerprint density at radius 3 is 2.66 bits per heavy atom. The van der Waals surface area contributed by atoms with Gasteiger partial charge in [-0.25, -0.2) is 14.2 Å². The number of carbonyl (C=O) groups excluding carboxylic acids is 3. The van der Waals surface area contributed by atoms with Crippen molar-refractivity contribution in [2.24, 2.45) is 0 Å². The van der Waals surface area contributed by atoms with Crippen LogP contribution in [0.5, 0.6) is 0 Å². The van der Waals surface area contributed by atoms with Gasteiger partial charge in [0.1, 0.15) is 21.5 Å². The van der Waals surface area contributed by atoms with Crippen molar-refractivity contribution in [2.45, 2.75) is 19.4 Å². The summed E-state index contributed by atoms with van der Waals surface area (Å²) in [6.07, 6.45) is 1.39. The standard InChI is InChI=1S/C19H15FN4O4S/c1-10-14(29-16(21-10)11-5-7-12(20)8-6-11)15(25)23-24-17(26)19(2,22-18(24)27)13-4-3-9-28-13/h3-9H,1-2H3,(H,22,27)(H,23,25)/t19-/m1/s1. The SMILES string of the molecule is Cc1nc(-c2ccc(F)cc2)sc1C(=O)NN1C(=O)N[C@](C)(c2ccco2)C1=O. The van der Waals surface area contributed by atoms with Gasteiger partial charge in [-0.1, -0.05) is 0 Å². The highest BCUT2D eigenvalue weighted by Gasteiger charge is 2.52. The van der Waals surface area contributed by atoms with Crippen LogP contribution in [0.4, 0.5) is 9.18 Å². The van der Waals surface area contributed by atoms with Crippen molar-refractivity contribution in [1.82, 2.24) is 20.7 Å². The quantitative estimate of drug-likeness (QED) is 0.639. The predicted molar refractivity (Wildman–Crippen MR) is 101 cm³/mol. The fraction of sp³-hybridized carbons (Fsp3) is 0.158. The smallest absolute Gasteiger partial charge is 0.344 e. The van der Waals surface area contributed by atoms with Crippen LogP contribution in [0.25, 0.3) is 10.6 Å². The summed E-state index contributed by atoms with van der Waals surface area (Å²) in [4.78, 5) is 42.3. The van der Waals surface area contributed by atoms with Crippen molar-refractivity contribution in [3.05, 3.63) is 64.8 Å². The zero-order valence-corrected chi connectivity index (χ0v) is 16.2. The summed E-state index contributed by atoms with van der Waals surface area (Å²) in [5.74, 6) is -1.45. The summed E-state index contributed by atoms with van der Waals surface area (Å²) in [7, 11) is 0. The van der Waals surface area contributed by atoms with E-state index in [4.69, 9.17) is 4.42 Å². The number of halogens is 1. The first-order valence-electron chi connectivity index (χ1n) is 8.54. The van der Waals surface area contributed by atoms with Crippen LogP contribution in [0.15, 0.2) is 47.1 Å². The van der Waals surface area contributed by atoms with Gasteiger partial charge in [0.25, 0.3) is 11.8 Å². The Balaban J connectivity index is 1.56. The van der Waals surface area contributed by atoms with E-state index in [9.17, 15) is 18.8 Å². The zero-order valence-electron chi connectivity index (χ0n) is 15.4. The van der Waals surface area contributed by atoms with Crippen LogP contribution in [0.1, 0.15) is 28.0 Å². The fourth-order valence-electron chi connectivity index (χ4n) is 2.95. The van der Waals surface area contributed by atoms with Crippen LogP contribution in [0.3, 0.4) is 0 Å². The summed E-state index contributed by atoms with van der Waals surface area (Å²) in [6.45, 7) is 3.13. The first-order chi connectivity index (χ1) is 13.8. The maximum Gasteiger partial charge on any atom is 0.344 e. The lowest BCUT2D eigenvalue weighted by Gasteiger charge is -2.18. The number of nitrogens with one attached hydrogen (secondary N) is 2. The number of aryl methyl sites for hydroxylation is 1. The van der Waals surface area contributed by atoms with Crippen LogP contribution in [-0.2, 0) is 10.3 Å². The molecule has 4 rings (SSSR count). The maximum absolute atomic E-state index is 13.1. The number of nitrogens with zero attached hydrogens (tertiary/aromatic N) is 2. The molecule has 1 fully saturated rings. The summed E-state index contributed by atoms with van der Waals surface area (Å²) in [5, 5.41) is 3.67. The second-order valence-corrected chi connectivity index (χ2v) is 7.55. The summed E-state index contributed by atoms with van der Waals surface area (Å²) in [5.41, 5.74) is 1.98. The number of rotatable bonds is 4. The monoisotopic (exact) mass is 414 g/mol. The molecule has 0 spiro atoms. The first-order valence-corrected chi connectivity index (χ1v) is 9.36. The predicted octanol–water partition coefficient (Wildman–Crippen LogP) is 2.96. The number of hydrogen-bond acceptors (Lipinski definition) is 6. The molecule has 1 aliphatic heterocycles. The minimum Gasteiger partial charge on any atom is -0.466 e. The van der Waals surface area contributed by atoms with Gasteiger partial charge in [0.15, 0.2) is 5.54 Å². The minimum absolute atomic E-state index is 0.233. The van der Waals surface area contributed by atoms with Gasteiger partial charge in [-0.05, 0) is 50.2 Å². The topological polar surface area (TPSA) is 105 Å². The van der Waals surface area contributed by atoms with E-state index in [0.29, 0.717) is 21.3 Å². The largest absolute Gasteiger partial charge is 0.466 e. The van der Waals surface area contributed by atoms with Crippen LogP contribution in [0, 0.1) is 12.7 Å². The van der Waals surface area contributed by atoms with Crippen molar-refractivity contribution in [1.29, 1.82) is 0 Å². The third-order valence-electron chi connectivity index (χ3n) is 4.51. The zero-order chi connectivity index (χ0) is 20.8. The van der Waals surface area contributed by atoms with Crippen molar-refractivity contribution in [3.8, 4) is 10.6 Å². The van der Waals surface area contributed by atoms with Crippen LogP contribution < -0.4 is 10.7 Å². The third kappa shape index (κ3) is 3.17. The Labute approximate surface area is 168 Å². The molecule has 8 nitrogen and oxygen atoms in total. The van der Waals surface area contributed by atoms with E-state index in [1.54, 1.807) is 31.2 Å². The first kappa shape index (κ1) is 18.8. The van der Waals surface area contributed by atoms with Gasteiger partial charge in [-0.3, -0.25) is 15.0 Å². The lowest BCUT2D eigenvalue weighted by Crippen LogP contribution is -2.47. The Bertz CT molecular complexity index is 1110. The molecule has 3 heterocycles. The molecule has 1 saturated heterocycles. The number of aromatic nitrogens is 1. The van der Waals surface area contributed by atoms with Crippen LogP contribution >= 0.6 is 11.3 Å². The molecule has 1 aliphatic rings. The summed E-state index contributed by atoms with van der Waals surface area (Å²) >= 11 is 1.08. The summed E-state index contributed by atoms with van der Waals surface area (Å²) < 4.78 is 18.4.